The Labute approximate surface area is 118 Å². The lowest BCUT2D eigenvalue weighted by molar-refractivity contribution is 0.0250. The largest absolute Gasteiger partial charge is 0.392 e. The number of nitrogens with zero attached hydrogens (tertiary/aromatic N) is 3. The van der Waals surface area contributed by atoms with Crippen LogP contribution in [0.15, 0.2) is 24.3 Å². The molecule has 1 saturated heterocycles. The van der Waals surface area contributed by atoms with Gasteiger partial charge in [-0.3, -0.25) is 4.90 Å². The highest BCUT2D eigenvalue weighted by atomic mass is 16.3. The molecule has 1 aromatic carbocycles. The Kier molecular flexibility index (Phi) is 3.54. The minimum Gasteiger partial charge on any atom is -0.392 e. The molecule has 0 saturated carbocycles. The predicted molar refractivity (Wildman–Crippen MR) is 79.0 cm³/mol. The molecule has 1 aliphatic heterocycles. The van der Waals surface area contributed by atoms with E-state index in [2.05, 4.69) is 21.8 Å². The lowest BCUT2D eigenvalue weighted by Crippen LogP contribution is -2.42. The fourth-order valence-electron chi connectivity index (χ4n) is 2.68. The van der Waals surface area contributed by atoms with Gasteiger partial charge in [0.1, 0.15) is 11.6 Å². The zero-order valence-corrected chi connectivity index (χ0v) is 11.7. The highest BCUT2D eigenvalue weighted by Crippen LogP contribution is 2.20. The number of β-amino-alcohol motifs (C(OH)–C–C–N with tert-alkyl or cyclic N) is 1. The molecule has 0 bridgehead atoms. The first-order chi connectivity index (χ1) is 9.63. The summed E-state index contributed by atoms with van der Waals surface area (Å²) in [6.45, 7) is 4.37. The van der Waals surface area contributed by atoms with Crippen LogP contribution < -0.4 is 5.73 Å². The summed E-state index contributed by atoms with van der Waals surface area (Å²) in [5.41, 5.74) is 6.87. The Morgan fingerprint density at radius 3 is 2.95 bits per heavy atom. The van der Waals surface area contributed by atoms with Crippen molar-refractivity contribution in [3.63, 3.8) is 0 Å². The molecule has 2 aromatic rings. The van der Waals surface area contributed by atoms with Crippen LogP contribution in [0.1, 0.15) is 19.2 Å². The van der Waals surface area contributed by atoms with Crippen LogP contribution in [0.4, 0.5) is 5.82 Å². The first-order valence-electron chi connectivity index (χ1n) is 7.05. The fraction of sp³-hybridized carbons (Fsp3) is 0.467. The Hall–Kier alpha value is -1.72. The van der Waals surface area contributed by atoms with E-state index in [0.29, 0.717) is 24.8 Å². The molecule has 2 heterocycles. The van der Waals surface area contributed by atoms with Crippen molar-refractivity contribution in [2.24, 2.45) is 5.92 Å². The van der Waals surface area contributed by atoms with Crippen LogP contribution in [0.3, 0.4) is 0 Å². The molecule has 0 spiro atoms. The van der Waals surface area contributed by atoms with Crippen molar-refractivity contribution >= 4 is 16.7 Å². The average Bonchev–Trinajstić information content (AvgIpc) is 2.43. The summed E-state index contributed by atoms with van der Waals surface area (Å²) in [5.74, 6) is 1.62. The Bertz CT molecular complexity index is 616. The van der Waals surface area contributed by atoms with E-state index in [-0.39, 0.29) is 6.10 Å². The molecule has 0 aliphatic carbocycles. The quantitative estimate of drug-likeness (QED) is 0.864. The van der Waals surface area contributed by atoms with Gasteiger partial charge in [-0.05, 0) is 31.0 Å². The van der Waals surface area contributed by atoms with Gasteiger partial charge in [0.25, 0.3) is 0 Å². The van der Waals surface area contributed by atoms with Crippen molar-refractivity contribution in [2.45, 2.75) is 26.0 Å². The third-order valence-electron chi connectivity index (χ3n) is 4.05. The maximum atomic E-state index is 9.95. The summed E-state index contributed by atoms with van der Waals surface area (Å²) < 4.78 is 0. The maximum absolute atomic E-state index is 9.95. The number of aromatic nitrogens is 2. The molecule has 0 radical (unpaired) electrons. The van der Waals surface area contributed by atoms with Gasteiger partial charge in [-0.25, -0.2) is 9.97 Å². The Morgan fingerprint density at radius 1 is 1.35 bits per heavy atom. The Morgan fingerprint density at radius 2 is 2.15 bits per heavy atom. The van der Waals surface area contributed by atoms with Crippen LogP contribution in [-0.4, -0.2) is 39.2 Å². The van der Waals surface area contributed by atoms with Gasteiger partial charge in [0, 0.05) is 11.9 Å². The molecule has 0 amide bonds. The second-order valence-electron chi connectivity index (χ2n) is 5.61. The lowest BCUT2D eigenvalue weighted by atomic mass is 9.96. The lowest BCUT2D eigenvalue weighted by Gasteiger charge is -2.33. The number of likely N-dealkylation sites (tertiary alicyclic amines) is 1. The molecule has 106 valence electrons. The van der Waals surface area contributed by atoms with Gasteiger partial charge in [-0.15, -0.1) is 0 Å². The van der Waals surface area contributed by atoms with E-state index in [1.54, 1.807) is 0 Å². The van der Waals surface area contributed by atoms with E-state index < -0.39 is 0 Å². The molecular formula is C15H20N4O. The van der Waals surface area contributed by atoms with Crippen molar-refractivity contribution in [3.05, 3.63) is 30.1 Å². The average molecular weight is 272 g/mol. The highest BCUT2D eigenvalue weighted by molar-refractivity contribution is 5.87. The summed E-state index contributed by atoms with van der Waals surface area (Å²) in [7, 11) is 0. The first kappa shape index (κ1) is 13.3. The number of nitrogens with two attached hydrogens (primary N) is 1. The molecule has 1 aliphatic rings. The predicted octanol–water partition coefficient (Wildman–Crippen LogP) is 1.41. The first-order valence-corrected chi connectivity index (χ1v) is 7.05. The summed E-state index contributed by atoms with van der Waals surface area (Å²) in [4.78, 5) is 11.1. The number of benzene rings is 1. The number of hydrogen-bond donors (Lipinski definition) is 2. The summed E-state index contributed by atoms with van der Waals surface area (Å²) in [5, 5.41) is 10.8. The molecule has 1 fully saturated rings. The summed E-state index contributed by atoms with van der Waals surface area (Å²) in [6.07, 6.45) is 0.742. The number of fused-ring (bicyclic) bond motifs is 1. The smallest absolute Gasteiger partial charge is 0.145 e. The second kappa shape index (κ2) is 5.34. The van der Waals surface area contributed by atoms with Gasteiger partial charge < -0.3 is 10.8 Å². The van der Waals surface area contributed by atoms with Gasteiger partial charge in [-0.2, -0.15) is 0 Å². The molecule has 1 aromatic heterocycles. The van der Waals surface area contributed by atoms with E-state index in [4.69, 9.17) is 5.73 Å². The molecule has 20 heavy (non-hydrogen) atoms. The summed E-state index contributed by atoms with van der Waals surface area (Å²) >= 11 is 0. The topological polar surface area (TPSA) is 75.3 Å². The van der Waals surface area contributed by atoms with Crippen LogP contribution in [0, 0.1) is 5.92 Å². The van der Waals surface area contributed by atoms with E-state index in [9.17, 15) is 5.11 Å². The fourth-order valence-corrected chi connectivity index (χ4v) is 2.68. The third kappa shape index (κ3) is 2.59. The van der Waals surface area contributed by atoms with Gasteiger partial charge in [0.2, 0.25) is 0 Å². The van der Waals surface area contributed by atoms with Crippen LogP contribution in [0.5, 0.6) is 0 Å². The number of rotatable bonds is 2. The summed E-state index contributed by atoms with van der Waals surface area (Å²) in [6, 6.07) is 7.76. The number of hydrogen-bond acceptors (Lipinski definition) is 5. The zero-order valence-electron chi connectivity index (χ0n) is 11.7. The van der Waals surface area contributed by atoms with Gasteiger partial charge in [0.05, 0.1) is 18.2 Å². The molecule has 3 N–H and O–H groups in total. The van der Waals surface area contributed by atoms with Crippen LogP contribution in [-0.2, 0) is 6.54 Å². The third-order valence-corrected chi connectivity index (χ3v) is 4.05. The van der Waals surface area contributed by atoms with Gasteiger partial charge in [0.15, 0.2) is 0 Å². The van der Waals surface area contributed by atoms with E-state index in [1.807, 2.05) is 24.3 Å². The molecule has 2 atom stereocenters. The van der Waals surface area contributed by atoms with Crippen molar-refractivity contribution in [2.75, 3.05) is 18.8 Å². The van der Waals surface area contributed by atoms with Crippen molar-refractivity contribution in [1.29, 1.82) is 0 Å². The normalized spacial score (nSPS) is 24.1. The van der Waals surface area contributed by atoms with Crippen LogP contribution in [0.25, 0.3) is 10.9 Å². The zero-order chi connectivity index (χ0) is 14.1. The molecular weight excluding hydrogens is 252 g/mol. The monoisotopic (exact) mass is 272 g/mol. The second-order valence-corrected chi connectivity index (χ2v) is 5.61. The number of aliphatic hydroxyl groups excluding tert-OH is 1. The molecule has 5 nitrogen and oxygen atoms in total. The number of anilines is 1. The molecule has 3 rings (SSSR count). The molecule has 5 heteroatoms. The maximum Gasteiger partial charge on any atom is 0.145 e. The minimum absolute atomic E-state index is 0.262. The minimum atomic E-state index is -0.262. The molecule has 2 unspecified atom stereocenters. The van der Waals surface area contributed by atoms with Gasteiger partial charge >= 0.3 is 0 Å². The Balaban J connectivity index is 1.81. The van der Waals surface area contributed by atoms with Crippen molar-refractivity contribution in [3.8, 4) is 0 Å². The van der Waals surface area contributed by atoms with E-state index in [0.717, 1.165) is 29.7 Å². The highest BCUT2D eigenvalue weighted by Gasteiger charge is 2.24. The number of aliphatic hydroxyl groups is 1. The van der Waals surface area contributed by atoms with Crippen molar-refractivity contribution in [1.82, 2.24) is 14.9 Å². The number of para-hydroxylation sites is 1. The van der Waals surface area contributed by atoms with Gasteiger partial charge in [-0.1, -0.05) is 19.1 Å². The number of piperidine rings is 1. The SMILES string of the molecule is CC1CCN(Cc2nc(N)c3ccccc3n2)CC1O. The standard InChI is InChI=1S/C15H20N4O/c1-10-6-7-19(8-13(10)20)9-14-17-12-5-3-2-4-11(12)15(16)18-14/h2-5,10,13,20H,6-9H2,1H3,(H2,16,17,18). The van der Waals surface area contributed by atoms with Crippen molar-refractivity contribution < 1.29 is 5.11 Å². The number of nitrogen functional groups attached to an aromatic ring is 1. The van der Waals surface area contributed by atoms with Crippen LogP contribution >= 0.6 is 0 Å². The van der Waals surface area contributed by atoms with E-state index >= 15 is 0 Å². The van der Waals surface area contributed by atoms with Crippen LogP contribution in [0.2, 0.25) is 0 Å². The van der Waals surface area contributed by atoms with E-state index in [1.165, 1.54) is 0 Å².